The number of ether oxygens (including phenoxy) is 1. The lowest BCUT2D eigenvalue weighted by Gasteiger charge is -2.27. The molecule has 0 spiro atoms. The van der Waals surface area contributed by atoms with Gasteiger partial charge in [0.15, 0.2) is 8.32 Å². The second kappa shape index (κ2) is 8.29. The van der Waals surface area contributed by atoms with E-state index in [4.69, 9.17) is 9.16 Å². The van der Waals surface area contributed by atoms with Crippen molar-refractivity contribution in [1.29, 1.82) is 0 Å². The van der Waals surface area contributed by atoms with Crippen molar-refractivity contribution in [2.75, 3.05) is 0 Å². The van der Waals surface area contributed by atoms with Crippen LogP contribution in [0.3, 0.4) is 0 Å². The summed E-state index contributed by atoms with van der Waals surface area (Å²) in [4.78, 5) is 12.0. The third kappa shape index (κ3) is 7.57. The number of carbonyl (C=O) groups is 1. The van der Waals surface area contributed by atoms with Crippen LogP contribution in [0.4, 0.5) is 0 Å². The van der Waals surface area contributed by atoms with Crippen molar-refractivity contribution in [3.8, 4) is 0 Å². The van der Waals surface area contributed by atoms with Crippen molar-refractivity contribution in [2.24, 2.45) is 0 Å². The summed E-state index contributed by atoms with van der Waals surface area (Å²) in [5, 5.41) is 0. The normalized spacial score (nSPS) is 14.0. The maximum absolute atomic E-state index is 12.0. The fourth-order valence-electron chi connectivity index (χ4n) is 2.09. The molecular weight excluding hydrogens is 292 g/mol. The van der Waals surface area contributed by atoms with Crippen molar-refractivity contribution < 1.29 is 14.0 Å². The Morgan fingerprint density at radius 2 is 1.77 bits per heavy atom. The third-order valence-corrected chi connectivity index (χ3v) is 3.91. The molecule has 1 rings (SSSR count). The molecule has 0 saturated heterocycles. The molecule has 22 heavy (non-hydrogen) atoms. The maximum Gasteiger partial charge on any atom is 0.308 e. The zero-order chi connectivity index (χ0) is 16.8. The van der Waals surface area contributed by atoms with Crippen molar-refractivity contribution in [3.05, 3.63) is 41.5 Å². The Labute approximate surface area is 135 Å². The molecule has 0 unspecified atom stereocenters. The topological polar surface area (TPSA) is 35.5 Å². The van der Waals surface area contributed by atoms with Crippen LogP contribution in [0.5, 0.6) is 0 Å². The zero-order valence-corrected chi connectivity index (χ0v) is 15.6. The Kier molecular flexibility index (Phi) is 7.03. The first-order chi connectivity index (χ1) is 10.2. The molecule has 0 radical (unpaired) electrons. The Bertz CT molecular complexity index is 501. The number of carbonyl (C=O) groups excluding carboxylic acids is 1. The summed E-state index contributed by atoms with van der Waals surface area (Å²) >= 11 is 0. The van der Waals surface area contributed by atoms with E-state index in [1.165, 1.54) is 0 Å². The number of hydrogen-bond acceptors (Lipinski definition) is 3. The van der Waals surface area contributed by atoms with E-state index in [9.17, 15) is 4.79 Å². The average molecular weight is 321 g/mol. The van der Waals surface area contributed by atoms with Gasteiger partial charge in [-0.05, 0) is 51.5 Å². The third-order valence-electron chi connectivity index (χ3n) is 2.92. The van der Waals surface area contributed by atoms with E-state index in [0.29, 0.717) is 0 Å². The number of hydrogen-bond donors (Lipinski definition) is 0. The van der Waals surface area contributed by atoms with E-state index in [1.54, 1.807) is 0 Å². The summed E-state index contributed by atoms with van der Waals surface area (Å²) in [7, 11) is -1.76. The molecule has 122 valence electrons. The molecule has 0 aliphatic carbocycles. The first kappa shape index (κ1) is 18.7. The minimum absolute atomic E-state index is 0.0987. The lowest BCUT2D eigenvalue weighted by atomic mass is 10.1. The van der Waals surface area contributed by atoms with Crippen LogP contribution in [-0.2, 0) is 14.0 Å². The molecule has 0 aromatic heterocycles. The van der Waals surface area contributed by atoms with Crippen molar-refractivity contribution in [2.45, 2.75) is 59.0 Å². The van der Waals surface area contributed by atoms with Gasteiger partial charge in [0, 0.05) is 0 Å². The van der Waals surface area contributed by atoms with Crippen LogP contribution in [0, 0.1) is 0 Å². The highest BCUT2D eigenvalue weighted by atomic mass is 28.4. The van der Waals surface area contributed by atoms with Crippen LogP contribution < -0.4 is 0 Å². The van der Waals surface area contributed by atoms with Crippen LogP contribution in [-0.4, -0.2) is 26.5 Å². The summed E-state index contributed by atoms with van der Waals surface area (Å²) in [6.07, 6.45) is 2.02. The highest BCUT2D eigenvalue weighted by Crippen LogP contribution is 2.20. The monoisotopic (exact) mass is 320 g/mol. The van der Waals surface area contributed by atoms with E-state index in [0.717, 1.165) is 11.1 Å². The highest BCUT2D eigenvalue weighted by molar-refractivity contribution is 6.69. The Balaban J connectivity index is 2.89. The van der Waals surface area contributed by atoms with Gasteiger partial charge in [-0.2, -0.15) is 0 Å². The Morgan fingerprint density at radius 3 is 2.27 bits per heavy atom. The van der Waals surface area contributed by atoms with Gasteiger partial charge in [0.25, 0.3) is 0 Å². The fraction of sp³-hybridized carbons (Fsp3) is 0.500. The van der Waals surface area contributed by atoms with Gasteiger partial charge in [-0.25, -0.2) is 0 Å². The standard InChI is InChI=1S/C18H28O3Si/c1-14(2)20-18(19)13-17(21-22(4,5)6)15(3)12-16-10-8-7-9-11-16/h7-12,14,17H,13H2,1-6H3/b15-12+/t17-/m1/s1. The van der Waals surface area contributed by atoms with Gasteiger partial charge in [-0.15, -0.1) is 0 Å². The largest absolute Gasteiger partial charge is 0.463 e. The van der Waals surface area contributed by atoms with Crippen molar-refractivity contribution >= 4 is 20.4 Å². The second-order valence-electron chi connectivity index (χ2n) is 6.76. The van der Waals surface area contributed by atoms with Crippen LogP contribution in [0.2, 0.25) is 19.6 Å². The molecule has 1 aromatic rings. The van der Waals surface area contributed by atoms with E-state index in [1.807, 2.05) is 51.1 Å². The summed E-state index contributed by atoms with van der Waals surface area (Å²) in [5.41, 5.74) is 2.16. The SMILES string of the molecule is C/C(=C\c1ccccc1)[C@@H](CC(=O)OC(C)C)O[Si](C)(C)C. The van der Waals surface area contributed by atoms with Crippen molar-refractivity contribution in [3.63, 3.8) is 0 Å². The molecule has 0 aliphatic heterocycles. The van der Waals surface area contributed by atoms with Gasteiger partial charge in [-0.1, -0.05) is 36.4 Å². The van der Waals surface area contributed by atoms with Gasteiger partial charge in [-0.3, -0.25) is 4.79 Å². The summed E-state index contributed by atoms with van der Waals surface area (Å²) in [6, 6.07) is 10.1. The summed E-state index contributed by atoms with van der Waals surface area (Å²) in [5.74, 6) is -0.209. The molecule has 0 saturated carbocycles. The molecule has 1 aromatic carbocycles. The average Bonchev–Trinajstić information content (AvgIpc) is 2.36. The van der Waals surface area contributed by atoms with Crippen LogP contribution in [0.15, 0.2) is 35.9 Å². The zero-order valence-electron chi connectivity index (χ0n) is 14.6. The lowest BCUT2D eigenvalue weighted by molar-refractivity contribution is -0.148. The van der Waals surface area contributed by atoms with E-state index in [-0.39, 0.29) is 24.6 Å². The van der Waals surface area contributed by atoms with E-state index >= 15 is 0 Å². The molecule has 0 amide bonds. The van der Waals surface area contributed by atoms with Gasteiger partial charge < -0.3 is 9.16 Å². The molecular formula is C18H28O3Si. The Morgan fingerprint density at radius 1 is 1.18 bits per heavy atom. The predicted molar refractivity (Wildman–Crippen MR) is 94.2 cm³/mol. The van der Waals surface area contributed by atoms with Crippen LogP contribution >= 0.6 is 0 Å². The number of benzene rings is 1. The second-order valence-corrected chi connectivity index (χ2v) is 11.2. The first-order valence-corrected chi connectivity index (χ1v) is 11.2. The molecule has 0 heterocycles. The minimum Gasteiger partial charge on any atom is -0.463 e. The molecule has 3 nitrogen and oxygen atoms in total. The smallest absolute Gasteiger partial charge is 0.308 e. The molecule has 0 aliphatic rings. The number of esters is 1. The molecule has 0 N–H and O–H groups in total. The van der Waals surface area contributed by atoms with Crippen LogP contribution in [0.1, 0.15) is 32.8 Å². The van der Waals surface area contributed by atoms with E-state index < -0.39 is 8.32 Å². The fourth-order valence-corrected chi connectivity index (χ4v) is 3.21. The minimum atomic E-state index is -1.76. The maximum atomic E-state index is 12.0. The first-order valence-electron chi connectivity index (χ1n) is 7.78. The molecule has 1 atom stereocenters. The van der Waals surface area contributed by atoms with Gasteiger partial charge >= 0.3 is 5.97 Å². The Hall–Kier alpha value is -1.39. The predicted octanol–water partition coefficient (Wildman–Crippen LogP) is 4.65. The summed E-state index contributed by atoms with van der Waals surface area (Å²) < 4.78 is 11.5. The lowest BCUT2D eigenvalue weighted by Crippen LogP contribution is -2.34. The van der Waals surface area contributed by atoms with Crippen LogP contribution in [0.25, 0.3) is 6.08 Å². The van der Waals surface area contributed by atoms with Crippen molar-refractivity contribution in [1.82, 2.24) is 0 Å². The highest BCUT2D eigenvalue weighted by Gasteiger charge is 2.25. The van der Waals surface area contributed by atoms with E-state index in [2.05, 4.69) is 25.7 Å². The quantitative estimate of drug-likeness (QED) is 0.542. The van der Waals surface area contributed by atoms with Gasteiger partial charge in [0.05, 0.1) is 18.6 Å². The summed E-state index contributed by atoms with van der Waals surface area (Å²) in [6.45, 7) is 12.1. The molecule has 4 heteroatoms. The number of rotatable bonds is 7. The van der Waals surface area contributed by atoms with Gasteiger partial charge in [0.1, 0.15) is 0 Å². The molecule has 0 fully saturated rings. The molecule has 0 bridgehead atoms. The van der Waals surface area contributed by atoms with Gasteiger partial charge in [0.2, 0.25) is 0 Å².